The van der Waals surface area contributed by atoms with E-state index < -0.39 is 0 Å². The van der Waals surface area contributed by atoms with E-state index in [1.807, 2.05) is 6.07 Å². The Morgan fingerprint density at radius 2 is 1.70 bits per heavy atom. The summed E-state index contributed by atoms with van der Waals surface area (Å²) in [7, 11) is 0. The molecular weight excluding hydrogens is 358 g/mol. The van der Waals surface area contributed by atoms with Crippen molar-refractivity contribution in [3.05, 3.63) is 65.7 Å². The van der Waals surface area contributed by atoms with Crippen LogP contribution in [0.3, 0.4) is 0 Å². The molecule has 1 unspecified atom stereocenters. The Balaban J connectivity index is 0.00000180. The second-order valence-corrected chi connectivity index (χ2v) is 7.35. The van der Waals surface area contributed by atoms with Crippen LogP contribution in [0, 0.1) is 0 Å². The van der Waals surface area contributed by atoms with Crippen LogP contribution in [0.1, 0.15) is 17.5 Å². The van der Waals surface area contributed by atoms with Gasteiger partial charge in [-0.1, -0.05) is 42.5 Å². The Bertz CT molecular complexity index is 961. The van der Waals surface area contributed by atoms with E-state index in [1.54, 1.807) is 0 Å². The van der Waals surface area contributed by atoms with Crippen molar-refractivity contribution in [2.24, 2.45) is 0 Å². The molecule has 27 heavy (non-hydrogen) atoms. The number of hydrogen-bond acceptors (Lipinski definition) is 4. The highest BCUT2D eigenvalue weighted by atomic mass is 35.5. The molecule has 3 aromatic rings. The Labute approximate surface area is 165 Å². The Kier molecular flexibility index (Phi) is 4.94. The number of rotatable bonds is 2. The predicted molar refractivity (Wildman–Crippen MR) is 113 cm³/mol. The van der Waals surface area contributed by atoms with E-state index in [0.717, 1.165) is 43.8 Å². The molecule has 0 aliphatic carbocycles. The summed E-state index contributed by atoms with van der Waals surface area (Å²) < 4.78 is 0. The summed E-state index contributed by atoms with van der Waals surface area (Å²) in [6, 6.07) is 19.4. The molecule has 5 heteroatoms. The molecule has 0 spiro atoms. The maximum atomic E-state index is 9.92. The molecule has 1 fully saturated rings. The third kappa shape index (κ3) is 3.35. The molecular formula is C22H24ClN3O. The fourth-order valence-corrected chi connectivity index (χ4v) is 4.22. The summed E-state index contributed by atoms with van der Waals surface area (Å²) in [6.07, 6.45) is 1.65. The molecule has 5 rings (SSSR count). The molecule has 0 bridgehead atoms. The SMILES string of the molecule is Cl.OC1CCN(c2cc(N3CCc4ccccc4C3)c3ccccc3n2)C1. The maximum Gasteiger partial charge on any atom is 0.131 e. The van der Waals surface area contributed by atoms with Gasteiger partial charge in [0.15, 0.2) is 0 Å². The van der Waals surface area contributed by atoms with Crippen molar-refractivity contribution in [2.75, 3.05) is 29.4 Å². The van der Waals surface area contributed by atoms with Crippen LogP contribution in [0.25, 0.3) is 10.9 Å². The van der Waals surface area contributed by atoms with Crippen LogP contribution in [0.2, 0.25) is 0 Å². The van der Waals surface area contributed by atoms with E-state index in [0.29, 0.717) is 6.54 Å². The van der Waals surface area contributed by atoms with Crippen LogP contribution in [0.15, 0.2) is 54.6 Å². The highest BCUT2D eigenvalue weighted by Gasteiger charge is 2.24. The molecule has 2 aliphatic heterocycles. The summed E-state index contributed by atoms with van der Waals surface area (Å²) in [5.74, 6) is 0.981. The highest BCUT2D eigenvalue weighted by Crippen LogP contribution is 2.34. The third-order valence-electron chi connectivity index (χ3n) is 5.64. The van der Waals surface area contributed by atoms with Gasteiger partial charge < -0.3 is 14.9 Å². The standard InChI is InChI=1S/C22H23N3O.ClH/c26-18-10-12-25(15-18)22-13-21(19-7-3-4-8-20(19)23-22)24-11-9-16-5-1-2-6-17(16)14-24;/h1-8,13,18,26H,9-12,14-15H2;1H. The van der Waals surface area contributed by atoms with Gasteiger partial charge in [-0.3, -0.25) is 0 Å². The van der Waals surface area contributed by atoms with Crippen LogP contribution in [-0.4, -0.2) is 35.8 Å². The highest BCUT2D eigenvalue weighted by molar-refractivity contribution is 5.93. The van der Waals surface area contributed by atoms with Crippen LogP contribution >= 0.6 is 12.4 Å². The third-order valence-corrected chi connectivity index (χ3v) is 5.64. The number of aliphatic hydroxyl groups excluding tert-OH is 1. The monoisotopic (exact) mass is 381 g/mol. The van der Waals surface area contributed by atoms with Gasteiger partial charge in [0.05, 0.1) is 17.3 Å². The summed E-state index contributed by atoms with van der Waals surface area (Å²) in [5, 5.41) is 11.1. The first-order valence-corrected chi connectivity index (χ1v) is 9.42. The summed E-state index contributed by atoms with van der Waals surface area (Å²) in [5.41, 5.74) is 5.16. The number of pyridine rings is 1. The van der Waals surface area contributed by atoms with Crippen molar-refractivity contribution in [1.82, 2.24) is 4.98 Å². The van der Waals surface area contributed by atoms with Gasteiger partial charge in [0, 0.05) is 37.6 Å². The van der Waals surface area contributed by atoms with Gasteiger partial charge in [-0.25, -0.2) is 4.98 Å². The van der Waals surface area contributed by atoms with E-state index in [4.69, 9.17) is 4.98 Å². The second kappa shape index (κ2) is 7.37. The number of hydrogen-bond donors (Lipinski definition) is 1. The van der Waals surface area contributed by atoms with E-state index in [9.17, 15) is 5.11 Å². The molecule has 0 saturated carbocycles. The first kappa shape index (κ1) is 18.1. The number of benzene rings is 2. The van der Waals surface area contributed by atoms with E-state index >= 15 is 0 Å². The molecule has 4 nitrogen and oxygen atoms in total. The van der Waals surface area contributed by atoms with Gasteiger partial charge in [0.2, 0.25) is 0 Å². The minimum absolute atomic E-state index is 0. The molecule has 3 heterocycles. The van der Waals surface area contributed by atoms with Crippen molar-refractivity contribution >= 4 is 34.8 Å². The van der Waals surface area contributed by atoms with Gasteiger partial charge in [-0.2, -0.15) is 0 Å². The average Bonchev–Trinajstić information content (AvgIpc) is 3.13. The minimum Gasteiger partial charge on any atom is -0.391 e. The number of aromatic nitrogens is 1. The molecule has 0 amide bonds. The molecule has 2 aromatic carbocycles. The predicted octanol–water partition coefficient (Wildman–Crippen LogP) is 3.79. The van der Waals surface area contributed by atoms with Crippen molar-refractivity contribution in [3.63, 3.8) is 0 Å². The van der Waals surface area contributed by atoms with Crippen molar-refractivity contribution in [2.45, 2.75) is 25.5 Å². The molecule has 0 radical (unpaired) electrons. The Morgan fingerprint density at radius 3 is 2.52 bits per heavy atom. The fraction of sp³-hybridized carbons (Fsp3) is 0.318. The molecule has 140 valence electrons. The normalized spacial score (nSPS) is 19.1. The zero-order valence-electron chi connectivity index (χ0n) is 15.2. The molecule has 2 aliphatic rings. The van der Waals surface area contributed by atoms with Crippen molar-refractivity contribution in [1.29, 1.82) is 0 Å². The molecule has 1 aromatic heterocycles. The average molecular weight is 382 g/mol. The van der Waals surface area contributed by atoms with Crippen molar-refractivity contribution in [3.8, 4) is 0 Å². The Morgan fingerprint density at radius 1 is 0.926 bits per heavy atom. The first-order chi connectivity index (χ1) is 12.8. The van der Waals surface area contributed by atoms with Gasteiger partial charge in [-0.15, -0.1) is 12.4 Å². The smallest absolute Gasteiger partial charge is 0.131 e. The largest absolute Gasteiger partial charge is 0.391 e. The van der Waals surface area contributed by atoms with Crippen LogP contribution in [0.4, 0.5) is 11.5 Å². The van der Waals surface area contributed by atoms with Gasteiger partial charge in [0.25, 0.3) is 0 Å². The minimum atomic E-state index is -0.242. The van der Waals surface area contributed by atoms with E-state index in [1.165, 1.54) is 22.2 Å². The van der Waals surface area contributed by atoms with Crippen molar-refractivity contribution < 1.29 is 5.11 Å². The molecule has 1 saturated heterocycles. The topological polar surface area (TPSA) is 39.6 Å². The summed E-state index contributed by atoms with van der Waals surface area (Å²) >= 11 is 0. The second-order valence-electron chi connectivity index (χ2n) is 7.35. The quantitative estimate of drug-likeness (QED) is 0.733. The lowest BCUT2D eigenvalue weighted by Crippen LogP contribution is -2.31. The zero-order valence-corrected chi connectivity index (χ0v) is 16.0. The number of aliphatic hydroxyl groups is 1. The lowest BCUT2D eigenvalue weighted by molar-refractivity contribution is 0.198. The van der Waals surface area contributed by atoms with E-state index in [2.05, 4.69) is 58.3 Å². The maximum absolute atomic E-state index is 9.92. The van der Waals surface area contributed by atoms with Crippen LogP contribution in [0.5, 0.6) is 0 Å². The van der Waals surface area contributed by atoms with Crippen LogP contribution in [-0.2, 0) is 13.0 Å². The van der Waals surface area contributed by atoms with Gasteiger partial charge >= 0.3 is 0 Å². The summed E-state index contributed by atoms with van der Waals surface area (Å²) in [6.45, 7) is 3.50. The number of β-amino-alcohol motifs (C(OH)–C–C–N with tert-alkyl or cyclic N) is 1. The van der Waals surface area contributed by atoms with Crippen LogP contribution < -0.4 is 9.80 Å². The lowest BCUT2D eigenvalue weighted by atomic mass is 9.99. The number of halogens is 1. The Hall–Kier alpha value is -2.30. The van der Waals surface area contributed by atoms with Gasteiger partial charge in [0.1, 0.15) is 5.82 Å². The fourth-order valence-electron chi connectivity index (χ4n) is 4.22. The lowest BCUT2D eigenvalue weighted by Gasteiger charge is -2.32. The zero-order chi connectivity index (χ0) is 17.5. The number of nitrogens with zero attached hydrogens (tertiary/aromatic N) is 3. The van der Waals surface area contributed by atoms with E-state index in [-0.39, 0.29) is 18.5 Å². The molecule has 1 N–H and O–H groups in total. The summed E-state index contributed by atoms with van der Waals surface area (Å²) in [4.78, 5) is 9.56. The van der Waals surface area contributed by atoms with Gasteiger partial charge in [-0.05, 0) is 30.0 Å². The molecule has 1 atom stereocenters. The number of para-hydroxylation sites is 1. The first-order valence-electron chi connectivity index (χ1n) is 9.42. The number of fused-ring (bicyclic) bond motifs is 2. The number of anilines is 2.